The Balaban J connectivity index is 1.55. The van der Waals surface area contributed by atoms with Gasteiger partial charge in [-0.3, -0.25) is 9.59 Å². The zero-order valence-corrected chi connectivity index (χ0v) is 14.5. The number of benzene rings is 2. The molecule has 0 bridgehead atoms. The molecule has 0 aliphatic rings. The van der Waals surface area contributed by atoms with Gasteiger partial charge in [0.2, 0.25) is 5.89 Å². The van der Waals surface area contributed by atoms with Gasteiger partial charge >= 0.3 is 5.97 Å². The summed E-state index contributed by atoms with van der Waals surface area (Å²) in [6.07, 6.45) is 1.23. The van der Waals surface area contributed by atoms with Gasteiger partial charge in [0.15, 0.2) is 24.0 Å². The Morgan fingerprint density at radius 1 is 1.15 bits per heavy atom. The Morgan fingerprint density at radius 3 is 2.63 bits per heavy atom. The summed E-state index contributed by atoms with van der Waals surface area (Å²) in [6.45, 7) is -0.492. The maximum atomic E-state index is 13.6. The molecule has 1 aromatic heterocycles. The first-order chi connectivity index (χ1) is 13.1. The first-order valence-electron chi connectivity index (χ1n) is 8.09. The molecule has 3 aromatic rings. The molecule has 0 spiro atoms. The molecule has 3 rings (SSSR count). The summed E-state index contributed by atoms with van der Waals surface area (Å²) in [5.41, 5.74) is 1.27. The van der Waals surface area contributed by atoms with Crippen molar-refractivity contribution in [2.45, 2.75) is 6.42 Å². The number of oxazole rings is 1. The summed E-state index contributed by atoms with van der Waals surface area (Å²) in [5.74, 6) is -1.39. The van der Waals surface area contributed by atoms with Crippen LogP contribution in [0.15, 0.2) is 59.2 Å². The van der Waals surface area contributed by atoms with Crippen molar-refractivity contribution in [1.29, 1.82) is 0 Å². The highest BCUT2D eigenvalue weighted by Crippen LogP contribution is 2.19. The van der Waals surface area contributed by atoms with E-state index in [1.165, 1.54) is 25.5 Å². The van der Waals surface area contributed by atoms with Crippen LogP contribution in [0.4, 0.5) is 4.39 Å². The fraction of sp³-hybridized carbons (Fsp3) is 0.150. The predicted molar refractivity (Wildman–Crippen MR) is 93.9 cm³/mol. The molecule has 0 atom stereocenters. The second-order valence-electron chi connectivity index (χ2n) is 5.62. The molecule has 2 aromatic carbocycles. The van der Waals surface area contributed by atoms with Gasteiger partial charge < -0.3 is 13.9 Å². The van der Waals surface area contributed by atoms with Gasteiger partial charge in [0.25, 0.3) is 0 Å². The van der Waals surface area contributed by atoms with Crippen molar-refractivity contribution in [3.8, 4) is 17.2 Å². The number of nitrogens with zero attached hydrogens (tertiary/aromatic N) is 1. The summed E-state index contributed by atoms with van der Waals surface area (Å²) >= 11 is 0. The van der Waals surface area contributed by atoms with Crippen LogP contribution in [0.2, 0.25) is 0 Å². The van der Waals surface area contributed by atoms with Gasteiger partial charge in [-0.2, -0.15) is 0 Å². The van der Waals surface area contributed by atoms with Gasteiger partial charge in [0, 0.05) is 11.1 Å². The summed E-state index contributed by atoms with van der Waals surface area (Å²) in [4.78, 5) is 28.2. The van der Waals surface area contributed by atoms with Crippen LogP contribution in [0, 0.1) is 5.82 Å². The van der Waals surface area contributed by atoms with E-state index in [2.05, 4.69) is 4.98 Å². The third-order valence-electron chi connectivity index (χ3n) is 3.74. The van der Waals surface area contributed by atoms with Gasteiger partial charge in [0.05, 0.1) is 19.2 Å². The molecule has 0 unspecified atom stereocenters. The molecule has 0 saturated heterocycles. The minimum atomic E-state index is -0.661. The van der Waals surface area contributed by atoms with Crippen molar-refractivity contribution in [1.82, 2.24) is 4.98 Å². The normalized spacial score (nSPS) is 10.4. The fourth-order valence-electron chi connectivity index (χ4n) is 2.37. The van der Waals surface area contributed by atoms with Gasteiger partial charge in [0.1, 0.15) is 6.26 Å². The van der Waals surface area contributed by atoms with E-state index < -0.39 is 24.2 Å². The van der Waals surface area contributed by atoms with Crippen LogP contribution in [-0.4, -0.2) is 30.5 Å². The molecule has 1 heterocycles. The van der Waals surface area contributed by atoms with E-state index in [9.17, 15) is 14.0 Å². The van der Waals surface area contributed by atoms with Crippen LogP contribution < -0.4 is 4.74 Å². The molecule has 0 radical (unpaired) electrons. The van der Waals surface area contributed by atoms with Crippen molar-refractivity contribution < 1.29 is 27.9 Å². The van der Waals surface area contributed by atoms with Crippen LogP contribution >= 0.6 is 0 Å². The Labute approximate surface area is 154 Å². The van der Waals surface area contributed by atoms with E-state index in [-0.39, 0.29) is 17.7 Å². The van der Waals surface area contributed by atoms with E-state index in [1.807, 2.05) is 30.3 Å². The Kier molecular flexibility index (Phi) is 5.61. The van der Waals surface area contributed by atoms with E-state index in [0.717, 1.165) is 11.6 Å². The first kappa shape index (κ1) is 18.3. The Hall–Kier alpha value is -3.48. The second kappa shape index (κ2) is 8.27. The summed E-state index contributed by atoms with van der Waals surface area (Å²) in [5, 5.41) is 0. The number of rotatable bonds is 7. The number of hydrogen-bond donors (Lipinski definition) is 0. The molecule has 0 aliphatic carbocycles. The molecule has 7 heteroatoms. The lowest BCUT2D eigenvalue weighted by molar-refractivity contribution is -0.141. The van der Waals surface area contributed by atoms with E-state index >= 15 is 0 Å². The van der Waals surface area contributed by atoms with Gasteiger partial charge in [-0.15, -0.1) is 0 Å². The molecule has 0 amide bonds. The molecule has 0 N–H and O–H groups in total. The average molecular weight is 369 g/mol. The zero-order valence-electron chi connectivity index (χ0n) is 14.5. The number of Topliss-reactive ketones (excluding diaryl/α,β-unsaturated/α-hetero) is 1. The molecule has 0 saturated carbocycles. The number of methoxy groups -OCH3 is 1. The number of esters is 1. The predicted octanol–water partition coefficient (Wildman–Crippen LogP) is 3.46. The van der Waals surface area contributed by atoms with Crippen LogP contribution in [0.25, 0.3) is 11.5 Å². The zero-order chi connectivity index (χ0) is 19.2. The fourth-order valence-corrected chi connectivity index (χ4v) is 2.37. The highest BCUT2D eigenvalue weighted by Gasteiger charge is 2.15. The molecular weight excluding hydrogens is 353 g/mol. The largest absolute Gasteiger partial charge is 0.494 e. The minimum Gasteiger partial charge on any atom is -0.494 e. The lowest BCUT2D eigenvalue weighted by Gasteiger charge is -2.05. The number of ether oxygens (including phenoxy) is 2. The van der Waals surface area contributed by atoms with E-state index in [0.29, 0.717) is 11.6 Å². The van der Waals surface area contributed by atoms with Crippen LogP contribution in [0.5, 0.6) is 5.75 Å². The molecule has 27 heavy (non-hydrogen) atoms. The summed E-state index contributed by atoms with van der Waals surface area (Å²) in [7, 11) is 1.33. The number of hydrogen-bond acceptors (Lipinski definition) is 6. The van der Waals surface area contributed by atoms with Crippen LogP contribution in [-0.2, 0) is 16.0 Å². The van der Waals surface area contributed by atoms with Gasteiger partial charge in [-0.05, 0) is 30.3 Å². The third kappa shape index (κ3) is 4.58. The highest BCUT2D eigenvalue weighted by atomic mass is 19.1. The quantitative estimate of drug-likeness (QED) is 0.469. The highest BCUT2D eigenvalue weighted by molar-refractivity contribution is 5.98. The van der Waals surface area contributed by atoms with Gasteiger partial charge in [-0.1, -0.05) is 18.2 Å². The summed E-state index contributed by atoms with van der Waals surface area (Å²) in [6, 6.07) is 13.0. The maximum Gasteiger partial charge on any atom is 0.312 e. The van der Waals surface area contributed by atoms with Crippen molar-refractivity contribution >= 4 is 11.8 Å². The lowest BCUT2D eigenvalue weighted by atomic mass is 10.1. The third-order valence-corrected chi connectivity index (χ3v) is 3.74. The number of carbonyl (C=O) groups is 2. The van der Waals surface area contributed by atoms with Crippen molar-refractivity contribution in [3.05, 3.63) is 71.9 Å². The topological polar surface area (TPSA) is 78.6 Å². The van der Waals surface area contributed by atoms with Crippen molar-refractivity contribution in [2.24, 2.45) is 0 Å². The number of halogens is 1. The lowest BCUT2D eigenvalue weighted by Crippen LogP contribution is -2.16. The average Bonchev–Trinajstić information content (AvgIpc) is 3.15. The number of carbonyl (C=O) groups excluding carboxylic acids is 2. The molecule has 0 aliphatic heterocycles. The monoisotopic (exact) mass is 369 g/mol. The first-order valence-corrected chi connectivity index (χ1v) is 8.09. The second-order valence-corrected chi connectivity index (χ2v) is 5.62. The number of aromatic nitrogens is 1. The maximum absolute atomic E-state index is 13.6. The standard InChI is InChI=1S/C20H16FNO5/c1-25-18-8-7-14(9-16(18)21)17(23)12-26-19(24)10-15-11-27-20(22-15)13-5-3-2-4-6-13/h2-9,11H,10,12H2,1H3. The molecule has 138 valence electrons. The van der Waals surface area contributed by atoms with E-state index in [4.69, 9.17) is 13.9 Å². The van der Waals surface area contributed by atoms with Crippen LogP contribution in [0.1, 0.15) is 16.1 Å². The molecule has 6 nitrogen and oxygen atoms in total. The van der Waals surface area contributed by atoms with Gasteiger partial charge in [-0.25, -0.2) is 9.37 Å². The minimum absolute atomic E-state index is 0.0313. The molecule has 0 fully saturated rings. The SMILES string of the molecule is COc1ccc(C(=O)COC(=O)Cc2coc(-c3ccccc3)n2)cc1F. The van der Waals surface area contributed by atoms with Crippen LogP contribution in [0.3, 0.4) is 0 Å². The number of ketones is 1. The summed E-state index contributed by atoms with van der Waals surface area (Å²) < 4.78 is 28.7. The Bertz CT molecular complexity index is 952. The van der Waals surface area contributed by atoms with Crippen molar-refractivity contribution in [2.75, 3.05) is 13.7 Å². The molecular formula is C20H16FNO5. The van der Waals surface area contributed by atoms with Crippen molar-refractivity contribution in [3.63, 3.8) is 0 Å². The smallest absolute Gasteiger partial charge is 0.312 e. The Morgan fingerprint density at radius 2 is 1.93 bits per heavy atom. The van der Waals surface area contributed by atoms with E-state index in [1.54, 1.807) is 0 Å².